The van der Waals surface area contributed by atoms with Gasteiger partial charge in [0.1, 0.15) is 15.7 Å². The van der Waals surface area contributed by atoms with Gasteiger partial charge in [-0.3, -0.25) is 0 Å². The lowest BCUT2D eigenvalue weighted by atomic mass is 10.2. The van der Waals surface area contributed by atoms with Crippen LogP contribution in [0, 0.1) is 5.82 Å². The van der Waals surface area contributed by atoms with Crippen molar-refractivity contribution < 1.29 is 21.2 Å². The van der Waals surface area contributed by atoms with E-state index in [0.717, 1.165) is 12.3 Å². The SMILES string of the molecule is CS(=O)(=O)CCS(=O)(=O)Cc1ccc(N)cc1F. The summed E-state index contributed by atoms with van der Waals surface area (Å²) in [6.45, 7) is 0. The maximum atomic E-state index is 13.4. The third-order valence-corrected chi connectivity index (χ3v) is 5.00. The molecule has 0 aromatic heterocycles. The number of nitrogen functional groups attached to an aromatic ring is 1. The van der Waals surface area contributed by atoms with Gasteiger partial charge in [0.2, 0.25) is 0 Å². The quantitative estimate of drug-likeness (QED) is 0.792. The predicted molar refractivity (Wildman–Crippen MR) is 68.0 cm³/mol. The van der Waals surface area contributed by atoms with Crippen LogP contribution < -0.4 is 5.73 Å². The maximum Gasteiger partial charge on any atom is 0.155 e. The van der Waals surface area contributed by atoms with Gasteiger partial charge in [0.05, 0.1) is 17.3 Å². The fourth-order valence-electron chi connectivity index (χ4n) is 1.27. The van der Waals surface area contributed by atoms with E-state index in [-0.39, 0.29) is 11.3 Å². The van der Waals surface area contributed by atoms with Crippen LogP contribution in [0.1, 0.15) is 5.56 Å². The molecule has 1 rings (SSSR count). The van der Waals surface area contributed by atoms with Gasteiger partial charge in [-0.25, -0.2) is 21.2 Å². The molecule has 2 N–H and O–H groups in total. The van der Waals surface area contributed by atoms with E-state index in [1.165, 1.54) is 12.1 Å². The summed E-state index contributed by atoms with van der Waals surface area (Å²) in [5, 5.41) is 0. The average Bonchev–Trinajstić information content (AvgIpc) is 2.19. The van der Waals surface area contributed by atoms with Gasteiger partial charge in [0, 0.05) is 17.5 Å². The first-order valence-corrected chi connectivity index (χ1v) is 8.89. The maximum absolute atomic E-state index is 13.4. The van der Waals surface area contributed by atoms with E-state index in [2.05, 4.69) is 0 Å². The molecule has 8 heteroatoms. The lowest BCUT2D eigenvalue weighted by Crippen LogP contribution is -2.18. The van der Waals surface area contributed by atoms with Gasteiger partial charge in [-0.15, -0.1) is 0 Å². The summed E-state index contributed by atoms with van der Waals surface area (Å²) in [5.41, 5.74) is 5.52. The van der Waals surface area contributed by atoms with Gasteiger partial charge in [0.15, 0.2) is 9.84 Å². The van der Waals surface area contributed by atoms with Crippen LogP contribution in [0.25, 0.3) is 0 Å². The molecular weight excluding hydrogens is 281 g/mol. The molecule has 0 aliphatic heterocycles. The summed E-state index contributed by atoms with van der Waals surface area (Å²) in [6.07, 6.45) is 0.951. The van der Waals surface area contributed by atoms with Crippen molar-refractivity contribution in [1.29, 1.82) is 0 Å². The van der Waals surface area contributed by atoms with Crippen molar-refractivity contribution in [3.05, 3.63) is 29.6 Å². The molecule has 0 amide bonds. The Morgan fingerprint density at radius 2 is 1.78 bits per heavy atom. The van der Waals surface area contributed by atoms with Gasteiger partial charge in [-0.2, -0.15) is 0 Å². The van der Waals surface area contributed by atoms with Gasteiger partial charge in [-0.05, 0) is 12.1 Å². The number of nitrogens with two attached hydrogens (primary N) is 1. The standard InChI is InChI=1S/C10H14FNO4S2/c1-17(13,14)4-5-18(15,16)7-8-2-3-9(12)6-10(8)11/h2-3,6H,4-5,7,12H2,1H3. The van der Waals surface area contributed by atoms with Crippen LogP contribution in [0.2, 0.25) is 0 Å². The third-order valence-electron chi connectivity index (χ3n) is 2.22. The number of benzene rings is 1. The summed E-state index contributed by atoms with van der Waals surface area (Å²) in [7, 11) is -7.02. The van der Waals surface area contributed by atoms with E-state index in [1.807, 2.05) is 0 Å². The molecule has 0 heterocycles. The lowest BCUT2D eigenvalue weighted by Gasteiger charge is -2.05. The van der Waals surface area contributed by atoms with Crippen molar-refractivity contribution in [1.82, 2.24) is 0 Å². The van der Waals surface area contributed by atoms with Crippen LogP contribution in [0.5, 0.6) is 0 Å². The van der Waals surface area contributed by atoms with Gasteiger partial charge < -0.3 is 5.73 Å². The zero-order chi connectivity index (χ0) is 14.0. The Balaban J connectivity index is 2.83. The molecule has 18 heavy (non-hydrogen) atoms. The zero-order valence-electron chi connectivity index (χ0n) is 9.76. The molecule has 0 radical (unpaired) electrons. The summed E-state index contributed by atoms with van der Waals surface area (Å²) >= 11 is 0. The van der Waals surface area contributed by atoms with E-state index in [4.69, 9.17) is 5.73 Å². The van der Waals surface area contributed by atoms with Crippen molar-refractivity contribution >= 4 is 25.4 Å². The molecule has 0 aliphatic carbocycles. The first-order chi connectivity index (χ1) is 8.09. The van der Waals surface area contributed by atoms with Crippen molar-refractivity contribution in [3.8, 4) is 0 Å². The van der Waals surface area contributed by atoms with Crippen LogP contribution in [0.3, 0.4) is 0 Å². The van der Waals surface area contributed by atoms with Crippen LogP contribution >= 0.6 is 0 Å². The van der Waals surface area contributed by atoms with Crippen molar-refractivity contribution in [2.24, 2.45) is 0 Å². The Bertz CT molecular complexity index is 638. The van der Waals surface area contributed by atoms with E-state index in [9.17, 15) is 21.2 Å². The number of anilines is 1. The molecule has 0 saturated heterocycles. The van der Waals surface area contributed by atoms with Crippen LogP contribution in [0.15, 0.2) is 18.2 Å². The number of rotatable bonds is 5. The van der Waals surface area contributed by atoms with Gasteiger partial charge in [0.25, 0.3) is 0 Å². The molecule has 1 aromatic rings. The topological polar surface area (TPSA) is 94.3 Å². The van der Waals surface area contributed by atoms with Gasteiger partial charge >= 0.3 is 0 Å². The highest BCUT2D eigenvalue weighted by Gasteiger charge is 2.17. The fourth-order valence-corrected chi connectivity index (χ4v) is 4.35. The molecule has 0 saturated carbocycles. The number of hydrogen-bond acceptors (Lipinski definition) is 5. The highest BCUT2D eigenvalue weighted by atomic mass is 32.2. The second-order valence-electron chi connectivity index (χ2n) is 4.07. The zero-order valence-corrected chi connectivity index (χ0v) is 11.4. The first kappa shape index (κ1) is 14.9. The van der Waals surface area contributed by atoms with Crippen LogP contribution in [-0.4, -0.2) is 34.6 Å². The van der Waals surface area contributed by atoms with E-state index in [0.29, 0.717) is 0 Å². The molecular formula is C10H14FNO4S2. The van der Waals surface area contributed by atoms with Gasteiger partial charge in [-0.1, -0.05) is 6.07 Å². The Morgan fingerprint density at radius 3 is 2.28 bits per heavy atom. The highest BCUT2D eigenvalue weighted by Crippen LogP contribution is 2.15. The fraction of sp³-hybridized carbons (Fsp3) is 0.400. The Morgan fingerprint density at radius 1 is 1.17 bits per heavy atom. The Hall–Kier alpha value is -1.15. The van der Waals surface area contributed by atoms with Crippen molar-refractivity contribution in [2.75, 3.05) is 23.5 Å². The molecule has 0 bridgehead atoms. The summed E-state index contributed by atoms with van der Waals surface area (Å²) in [4.78, 5) is 0. The van der Waals surface area contributed by atoms with E-state index < -0.39 is 42.8 Å². The predicted octanol–water partition coefficient (Wildman–Crippen LogP) is 0.367. The molecule has 102 valence electrons. The monoisotopic (exact) mass is 295 g/mol. The Kier molecular flexibility index (Phi) is 4.33. The van der Waals surface area contributed by atoms with Crippen LogP contribution in [-0.2, 0) is 25.4 Å². The molecule has 0 atom stereocenters. The second kappa shape index (κ2) is 5.23. The highest BCUT2D eigenvalue weighted by molar-refractivity contribution is 7.94. The van der Waals surface area contributed by atoms with E-state index >= 15 is 0 Å². The minimum absolute atomic E-state index is 0.0160. The summed E-state index contributed by atoms with van der Waals surface area (Å²) in [6, 6.07) is 3.70. The van der Waals surface area contributed by atoms with Crippen molar-refractivity contribution in [3.63, 3.8) is 0 Å². The van der Waals surface area contributed by atoms with Crippen LogP contribution in [0.4, 0.5) is 10.1 Å². The Labute approximate surface area is 106 Å². The summed E-state index contributed by atoms with van der Waals surface area (Å²) in [5.74, 6) is -2.23. The number of sulfone groups is 2. The third kappa shape index (κ3) is 5.01. The lowest BCUT2D eigenvalue weighted by molar-refractivity contribution is 0.584. The number of hydrogen-bond donors (Lipinski definition) is 1. The first-order valence-electron chi connectivity index (χ1n) is 5.01. The minimum atomic E-state index is -3.66. The molecule has 0 unspecified atom stereocenters. The van der Waals surface area contributed by atoms with E-state index in [1.54, 1.807) is 0 Å². The molecule has 5 nitrogen and oxygen atoms in total. The van der Waals surface area contributed by atoms with Crippen molar-refractivity contribution in [2.45, 2.75) is 5.75 Å². The molecule has 0 aliphatic rings. The number of halogens is 1. The second-order valence-corrected chi connectivity index (χ2v) is 8.52. The molecule has 1 aromatic carbocycles. The minimum Gasteiger partial charge on any atom is -0.399 e. The largest absolute Gasteiger partial charge is 0.399 e. The smallest absolute Gasteiger partial charge is 0.155 e. The average molecular weight is 295 g/mol. The summed E-state index contributed by atoms with van der Waals surface area (Å²) < 4.78 is 58.4. The normalized spacial score (nSPS) is 12.6. The molecule has 0 spiro atoms. The molecule has 0 fully saturated rings.